The molecule has 3 rings (SSSR count). The smallest absolute Gasteiger partial charge is 0.149 e. The third-order valence-electron chi connectivity index (χ3n) is 4.76. The van der Waals surface area contributed by atoms with Crippen molar-refractivity contribution in [2.45, 2.75) is 46.6 Å². The van der Waals surface area contributed by atoms with Gasteiger partial charge in [-0.1, -0.05) is 56.1 Å². The van der Waals surface area contributed by atoms with Gasteiger partial charge in [0.25, 0.3) is 0 Å². The molecule has 4 nitrogen and oxygen atoms in total. The number of imidazole rings is 1. The number of para-hydroxylation sites is 1. The number of halogens is 2. The van der Waals surface area contributed by atoms with Gasteiger partial charge in [-0.3, -0.25) is 0 Å². The Morgan fingerprint density at radius 2 is 1.86 bits per heavy atom. The molecule has 0 aliphatic carbocycles. The highest BCUT2D eigenvalue weighted by Crippen LogP contribution is 2.39. The third-order valence-corrected chi connectivity index (χ3v) is 5.31. The molecule has 1 N–H and O–H groups in total. The number of rotatable bonds is 7. The molecule has 1 atom stereocenters. The Hall–Kier alpha value is -1.75. The Balaban J connectivity index is 0.00000145. The molecule has 2 aromatic carbocycles. The van der Waals surface area contributed by atoms with Crippen LogP contribution in [0.25, 0.3) is 11.0 Å². The molecule has 0 fully saturated rings. The zero-order chi connectivity index (χ0) is 21.6. The number of nitrogens with one attached hydrogen (secondary N) is 1. The average Bonchev–Trinajstić information content (AvgIpc) is 3.06. The Bertz CT molecular complexity index is 955. The molecule has 0 bridgehead atoms. The summed E-state index contributed by atoms with van der Waals surface area (Å²) in [6.07, 6.45) is 1.05. The van der Waals surface area contributed by atoms with Crippen LogP contribution in [-0.4, -0.2) is 22.7 Å². The summed E-state index contributed by atoms with van der Waals surface area (Å²) in [7, 11) is 2.02. The minimum Gasteiger partial charge on any atom is -0.383 e. The van der Waals surface area contributed by atoms with Crippen molar-refractivity contribution >= 4 is 39.9 Å². The number of nitrogens with zero attached hydrogens (tertiary/aromatic N) is 2. The van der Waals surface area contributed by atoms with Crippen LogP contribution in [0.15, 0.2) is 36.4 Å². The van der Waals surface area contributed by atoms with Crippen LogP contribution in [-0.2, 0) is 17.4 Å². The molecule has 1 unspecified atom stereocenters. The van der Waals surface area contributed by atoms with Crippen LogP contribution < -0.4 is 5.32 Å². The summed E-state index contributed by atoms with van der Waals surface area (Å²) in [6, 6.07) is 11.6. The maximum atomic E-state index is 6.54. The summed E-state index contributed by atoms with van der Waals surface area (Å²) in [5.41, 5.74) is 3.08. The zero-order valence-electron chi connectivity index (χ0n) is 18.1. The molecule has 0 spiro atoms. The summed E-state index contributed by atoms with van der Waals surface area (Å²) >= 11 is 12.6. The SMILES string of the molecule is CC.CCCNc1cccc2nc(C(C)(OCC)c3ccc(Cl)cc3Cl)n(C)c12. The number of aryl methyl sites for hydroxylation is 1. The number of ether oxygens (including phenoxy) is 1. The summed E-state index contributed by atoms with van der Waals surface area (Å²) < 4.78 is 8.31. The second-order valence-electron chi connectivity index (χ2n) is 6.68. The van der Waals surface area contributed by atoms with Crippen LogP contribution in [0.4, 0.5) is 5.69 Å². The molecule has 0 saturated carbocycles. The van der Waals surface area contributed by atoms with Crippen LogP contribution in [0, 0.1) is 0 Å². The molecule has 6 heteroatoms. The fourth-order valence-electron chi connectivity index (χ4n) is 3.53. The molecule has 0 aliphatic heterocycles. The highest BCUT2D eigenvalue weighted by atomic mass is 35.5. The van der Waals surface area contributed by atoms with E-state index in [0.29, 0.717) is 16.7 Å². The molecule has 0 saturated heterocycles. The summed E-state index contributed by atoms with van der Waals surface area (Å²) in [5, 5.41) is 4.65. The van der Waals surface area contributed by atoms with Crippen LogP contribution in [0.1, 0.15) is 52.4 Å². The van der Waals surface area contributed by atoms with E-state index in [9.17, 15) is 0 Å². The van der Waals surface area contributed by atoms with Gasteiger partial charge in [-0.15, -0.1) is 0 Å². The van der Waals surface area contributed by atoms with E-state index in [0.717, 1.165) is 41.1 Å². The lowest BCUT2D eigenvalue weighted by Crippen LogP contribution is -2.31. The highest BCUT2D eigenvalue weighted by molar-refractivity contribution is 6.35. The molecule has 1 heterocycles. The number of hydrogen-bond donors (Lipinski definition) is 1. The van der Waals surface area contributed by atoms with E-state index < -0.39 is 5.60 Å². The van der Waals surface area contributed by atoms with Crippen molar-refractivity contribution in [1.82, 2.24) is 9.55 Å². The third kappa shape index (κ3) is 4.71. The predicted molar refractivity (Wildman–Crippen MR) is 125 cm³/mol. The molecule has 3 aromatic rings. The second-order valence-corrected chi connectivity index (χ2v) is 7.53. The van der Waals surface area contributed by atoms with Crippen LogP contribution in [0.3, 0.4) is 0 Å². The van der Waals surface area contributed by atoms with Gasteiger partial charge in [-0.2, -0.15) is 0 Å². The standard InChI is InChI=1S/C21H25Cl2N3O.C2H6/c1-5-12-24-17-8-7-9-18-19(17)26(4)20(25-18)21(3,27-6-2)15-11-10-14(22)13-16(15)23;1-2/h7-11,13,24H,5-6,12H2,1-4H3;1-2H3. The molecule has 0 aliphatic rings. The van der Waals surface area contributed by atoms with E-state index in [1.807, 2.05) is 59.0 Å². The van der Waals surface area contributed by atoms with Gasteiger partial charge in [0.2, 0.25) is 0 Å². The van der Waals surface area contributed by atoms with E-state index in [-0.39, 0.29) is 0 Å². The number of benzene rings is 2. The summed E-state index contributed by atoms with van der Waals surface area (Å²) in [5.74, 6) is 0.800. The molecule has 0 amide bonds. The normalized spacial score (nSPS) is 13.0. The first-order valence-electron chi connectivity index (χ1n) is 10.2. The lowest BCUT2D eigenvalue weighted by atomic mass is 9.94. The van der Waals surface area contributed by atoms with Gasteiger partial charge in [0.15, 0.2) is 0 Å². The number of fused-ring (bicyclic) bond motifs is 1. The van der Waals surface area contributed by atoms with Crippen LogP contribution in [0.2, 0.25) is 10.0 Å². The van der Waals surface area contributed by atoms with Gasteiger partial charge in [0.1, 0.15) is 11.4 Å². The minimum atomic E-state index is -0.799. The Morgan fingerprint density at radius 1 is 1.14 bits per heavy atom. The summed E-state index contributed by atoms with van der Waals surface area (Å²) in [6.45, 7) is 11.6. The maximum absolute atomic E-state index is 6.54. The second kappa shape index (κ2) is 10.3. The molecule has 158 valence electrons. The van der Waals surface area contributed by atoms with Crippen molar-refractivity contribution in [1.29, 1.82) is 0 Å². The molecular weight excluding hydrogens is 405 g/mol. The van der Waals surface area contributed by atoms with E-state index in [4.69, 9.17) is 32.9 Å². The number of anilines is 1. The topological polar surface area (TPSA) is 39.1 Å². The van der Waals surface area contributed by atoms with Crippen LogP contribution in [0.5, 0.6) is 0 Å². The molecule has 0 radical (unpaired) electrons. The molecule has 1 aromatic heterocycles. The lowest BCUT2D eigenvalue weighted by molar-refractivity contribution is -0.00415. The van der Waals surface area contributed by atoms with Crippen molar-refractivity contribution in [3.8, 4) is 0 Å². The van der Waals surface area contributed by atoms with E-state index in [1.165, 1.54) is 0 Å². The number of hydrogen-bond acceptors (Lipinski definition) is 3. The van der Waals surface area contributed by atoms with Crippen molar-refractivity contribution in [2.75, 3.05) is 18.5 Å². The fourth-order valence-corrected chi connectivity index (χ4v) is 4.11. The lowest BCUT2D eigenvalue weighted by Gasteiger charge is -2.30. The van der Waals surface area contributed by atoms with Gasteiger partial charge in [0.05, 0.1) is 16.7 Å². The van der Waals surface area contributed by atoms with Gasteiger partial charge >= 0.3 is 0 Å². The van der Waals surface area contributed by atoms with E-state index >= 15 is 0 Å². The van der Waals surface area contributed by atoms with E-state index in [2.05, 4.69) is 22.9 Å². The summed E-state index contributed by atoms with van der Waals surface area (Å²) in [4.78, 5) is 4.92. The van der Waals surface area contributed by atoms with Gasteiger partial charge < -0.3 is 14.6 Å². The Kier molecular flexibility index (Phi) is 8.38. The molecular formula is C23H31Cl2N3O. The highest BCUT2D eigenvalue weighted by Gasteiger charge is 2.36. The fraction of sp³-hybridized carbons (Fsp3) is 0.435. The first kappa shape index (κ1) is 23.5. The average molecular weight is 436 g/mol. The Morgan fingerprint density at radius 3 is 2.48 bits per heavy atom. The predicted octanol–water partition coefficient (Wildman–Crippen LogP) is 7.03. The van der Waals surface area contributed by atoms with Crippen LogP contribution >= 0.6 is 23.2 Å². The van der Waals surface area contributed by atoms with Crippen molar-refractivity contribution in [3.63, 3.8) is 0 Å². The number of aromatic nitrogens is 2. The van der Waals surface area contributed by atoms with Gasteiger partial charge in [-0.25, -0.2) is 4.98 Å². The van der Waals surface area contributed by atoms with Gasteiger partial charge in [0, 0.05) is 35.8 Å². The molecule has 29 heavy (non-hydrogen) atoms. The first-order chi connectivity index (χ1) is 13.9. The minimum absolute atomic E-state index is 0.527. The quantitative estimate of drug-likeness (QED) is 0.432. The monoisotopic (exact) mass is 435 g/mol. The van der Waals surface area contributed by atoms with Crippen molar-refractivity contribution in [2.24, 2.45) is 7.05 Å². The largest absolute Gasteiger partial charge is 0.383 e. The van der Waals surface area contributed by atoms with Crippen molar-refractivity contribution in [3.05, 3.63) is 57.8 Å². The Labute approximate surface area is 184 Å². The van der Waals surface area contributed by atoms with E-state index in [1.54, 1.807) is 6.07 Å². The van der Waals surface area contributed by atoms with Gasteiger partial charge in [-0.05, 0) is 44.5 Å². The van der Waals surface area contributed by atoms with Crippen molar-refractivity contribution < 1.29 is 4.74 Å². The maximum Gasteiger partial charge on any atom is 0.149 e. The zero-order valence-corrected chi connectivity index (χ0v) is 19.7. The first-order valence-corrected chi connectivity index (χ1v) is 11.0.